The highest BCUT2D eigenvalue weighted by atomic mass is 19.4. The number of nitrogen functional groups attached to an aromatic ring is 1. The topological polar surface area (TPSA) is 90.7 Å². The fourth-order valence-corrected chi connectivity index (χ4v) is 3.62. The number of aryl methyl sites for hydroxylation is 1. The Morgan fingerprint density at radius 1 is 1.16 bits per heavy atom. The zero-order valence-electron chi connectivity index (χ0n) is 16.9. The third kappa shape index (κ3) is 3.71. The second kappa shape index (κ2) is 7.33. The molecular weight excluding hydrogens is 416 g/mol. The molecule has 2 aromatic heterocycles. The van der Waals surface area contributed by atoms with Crippen LogP contribution in [0.5, 0.6) is 0 Å². The van der Waals surface area contributed by atoms with Gasteiger partial charge in [-0.3, -0.25) is 4.99 Å². The molecule has 0 fully saturated rings. The van der Waals surface area contributed by atoms with Gasteiger partial charge in [0, 0.05) is 29.0 Å². The van der Waals surface area contributed by atoms with Gasteiger partial charge in [-0.15, -0.1) is 5.10 Å². The lowest BCUT2D eigenvalue weighted by molar-refractivity contribution is -0.0923. The molecule has 4 rings (SSSR count). The van der Waals surface area contributed by atoms with Crippen LogP contribution in [-0.2, 0) is 4.74 Å². The van der Waals surface area contributed by atoms with Crippen LogP contribution in [0, 0.1) is 6.92 Å². The standard InChI is InChI=1S/C20H18F4N6O/c1-9-6-11(7-15(26-9)20(22,23)24)16-17(13-5-4-12(21)8-14(13)31-3)28-19(25)30-18(16)27-10(2)29-30/h4,7-8H,5-6H2,1-3H3,(H2,25,28). The molecule has 0 spiro atoms. The van der Waals surface area contributed by atoms with Crippen molar-refractivity contribution in [3.63, 3.8) is 0 Å². The zero-order chi connectivity index (χ0) is 22.5. The number of hydrogen-bond acceptors (Lipinski definition) is 6. The number of allylic oxidation sites excluding steroid dienone is 6. The van der Waals surface area contributed by atoms with Crippen molar-refractivity contribution in [2.75, 3.05) is 12.8 Å². The van der Waals surface area contributed by atoms with Crippen molar-refractivity contribution in [2.24, 2.45) is 4.99 Å². The number of aromatic nitrogens is 4. The molecule has 0 amide bonds. The molecule has 2 aromatic rings. The SMILES string of the molecule is COC1=CC(F)=CCC1=c1nc(N)n2nc(C)nc2c1=C1C=C(C(F)(F)F)N=C(C)C1. The van der Waals surface area contributed by atoms with E-state index in [1.165, 1.54) is 30.7 Å². The molecule has 7 nitrogen and oxygen atoms in total. The number of fused-ring (bicyclic) bond motifs is 1. The van der Waals surface area contributed by atoms with Gasteiger partial charge in [-0.25, -0.2) is 14.4 Å². The fraction of sp³-hybridized carbons (Fsp3) is 0.300. The summed E-state index contributed by atoms with van der Waals surface area (Å²) in [6, 6.07) is 0. The number of hydrogen-bond donors (Lipinski definition) is 1. The van der Waals surface area contributed by atoms with Crippen LogP contribution in [0.4, 0.5) is 23.5 Å². The highest BCUT2D eigenvalue weighted by Crippen LogP contribution is 2.31. The Morgan fingerprint density at radius 3 is 2.58 bits per heavy atom. The molecule has 162 valence electrons. The maximum Gasteiger partial charge on any atom is 0.433 e. The van der Waals surface area contributed by atoms with Crippen molar-refractivity contribution < 1.29 is 22.3 Å². The van der Waals surface area contributed by atoms with Crippen LogP contribution in [0.2, 0.25) is 0 Å². The first-order chi connectivity index (χ1) is 14.6. The smallest absolute Gasteiger partial charge is 0.433 e. The van der Waals surface area contributed by atoms with Crippen molar-refractivity contribution in [3.05, 3.63) is 51.9 Å². The number of anilines is 1. The number of halogens is 4. The quantitative estimate of drug-likeness (QED) is 0.697. The number of ether oxygens (including phenoxy) is 1. The Bertz CT molecular complexity index is 1340. The second-order valence-corrected chi connectivity index (χ2v) is 7.15. The minimum absolute atomic E-state index is 0.00542. The first kappa shape index (κ1) is 20.8. The van der Waals surface area contributed by atoms with Gasteiger partial charge in [-0.05, 0) is 38.0 Å². The van der Waals surface area contributed by atoms with Crippen LogP contribution in [0.25, 0.3) is 16.8 Å². The van der Waals surface area contributed by atoms with E-state index in [1.807, 2.05) is 0 Å². The summed E-state index contributed by atoms with van der Waals surface area (Å²) in [5, 5.41) is 4.78. The molecule has 31 heavy (non-hydrogen) atoms. The highest BCUT2D eigenvalue weighted by molar-refractivity contribution is 5.94. The van der Waals surface area contributed by atoms with Gasteiger partial charge in [0.1, 0.15) is 23.1 Å². The normalized spacial score (nSPS) is 20.9. The molecule has 0 saturated carbocycles. The van der Waals surface area contributed by atoms with Crippen LogP contribution in [0.15, 0.2) is 40.5 Å². The Hall–Kier alpha value is -3.50. The maximum atomic E-state index is 13.8. The summed E-state index contributed by atoms with van der Waals surface area (Å²) in [6.07, 6.45) is -0.879. The minimum atomic E-state index is -4.63. The van der Waals surface area contributed by atoms with E-state index in [0.717, 1.165) is 6.08 Å². The molecule has 1 aliphatic heterocycles. The van der Waals surface area contributed by atoms with E-state index in [4.69, 9.17) is 10.5 Å². The van der Waals surface area contributed by atoms with Crippen LogP contribution >= 0.6 is 0 Å². The number of aliphatic imine (C=N–C) groups is 1. The van der Waals surface area contributed by atoms with Crippen LogP contribution in [0.3, 0.4) is 0 Å². The summed E-state index contributed by atoms with van der Waals surface area (Å²) in [7, 11) is 1.37. The lowest BCUT2D eigenvalue weighted by atomic mass is 9.99. The van der Waals surface area contributed by atoms with Gasteiger partial charge in [0.15, 0.2) is 5.65 Å². The van der Waals surface area contributed by atoms with Gasteiger partial charge >= 0.3 is 6.18 Å². The Labute approximate surface area is 173 Å². The predicted octanol–water partition coefficient (Wildman–Crippen LogP) is 2.41. The Morgan fingerprint density at radius 2 is 1.90 bits per heavy atom. The van der Waals surface area contributed by atoms with Crippen LogP contribution in [-0.4, -0.2) is 38.6 Å². The average Bonchev–Trinajstić information content (AvgIpc) is 3.08. The van der Waals surface area contributed by atoms with E-state index in [0.29, 0.717) is 22.2 Å². The first-order valence-electron chi connectivity index (χ1n) is 9.28. The molecule has 0 bridgehead atoms. The van der Waals surface area contributed by atoms with Crippen molar-refractivity contribution in [1.82, 2.24) is 19.6 Å². The summed E-state index contributed by atoms with van der Waals surface area (Å²) < 4.78 is 60.8. The summed E-state index contributed by atoms with van der Waals surface area (Å²) in [6.45, 7) is 3.15. The third-order valence-electron chi connectivity index (χ3n) is 4.87. The molecule has 1 aliphatic carbocycles. The average molecular weight is 434 g/mol. The van der Waals surface area contributed by atoms with Gasteiger partial charge in [-0.1, -0.05) is 0 Å². The molecule has 0 radical (unpaired) electrons. The summed E-state index contributed by atoms with van der Waals surface area (Å²) in [4.78, 5) is 12.4. The van der Waals surface area contributed by atoms with Crippen LogP contribution in [0.1, 0.15) is 25.6 Å². The number of methoxy groups -OCH3 is 1. The van der Waals surface area contributed by atoms with E-state index in [1.54, 1.807) is 6.92 Å². The highest BCUT2D eigenvalue weighted by Gasteiger charge is 2.35. The predicted molar refractivity (Wildman–Crippen MR) is 107 cm³/mol. The Kier molecular flexibility index (Phi) is 4.91. The van der Waals surface area contributed by atoms with E-state index >= 15 is 0 Å². The third-order valence-corrected chi connectivity index (χ3v) is 4.87. The van der Waals surface area contributed by atoms with Crippen molar-refractivity contribution in [3.8, 4) is 0 Å². The summed E-state index contributed by atoms with van der Waals surface area (Å²) in [5.74, 6) is 0.0857. The lowest BCUT2D eigenvalue weighted by Gasteiger charge is -2.17. The van der Waals surface area contributed by atoms with Gasteiger partial charge in [0.05, 0.1) is 12.5 Å². The molecule has 0 atom stereocenters. The number of nitrogens with zero attached hydrogens (tertiary/aromatic N) is 5. The van der Waals surface area contributed by atoms with Gasteiger partial charge < -0.3 is 10.5 Å². The monoisotopic (exact) mass is 434 g/mol. The fourth-order valence-electron chi connectivity index (χ4n) is 3.62. The summed E-state index contributed by atoms with van der Waals surface area (Å²) >= 11 is 0. The maximum absolute atomic E-state index is 13.8. The molecule has 3 heterocycles. The molecule has 11 heteroatoms. The van der Waals surface area contributed by atoms with Crippen LogP contribution < -0.4 is 16.3 Å². The van der Waals surface area contributed by atoms with Crippen molar-refractivity contribution >= 4 is 28.5 Å². The molecule has 0 aromatic carbocycles. The Balaban J connectivity index is 2.22. The van der Waals surface area contributed by atoms with E-state index in [-0.39, 0.29) is 41.3 Å². The minimum Gasteiger partial charge on any atom is -0.496 e. The van der Waals surface area contributed by atoms with Gasteiger partial charge in [0.25, 0.3) is 0 Å². The van der Waals surface area contributed by atoms with E-state index in [9.17, 15) is 17.6 Å². The molecular formula is C20H18F4N6O. The summed E-state index contributed by atoms with van der Waals surface area (Å²) in [5.41, 5.74) is 6.36. The second-order valence-electron chi connectivity index (χ2n) is 7.15. The molecule has 2 aliphatic rings. The molecule has 2 N–H and O–H groups in total. The number of rotatable bonds is 1. The lowest BCUT2D eigenvalue weighted by Crippen LogP contribution is -2.38. The number of nitrogens with two attached hydrogens (primary N) is 1. The van der Waals surface area contributed by atoms with Gasteiger partial charge in [-0.2, -0.15) is 17.7 Å². The van der Waals surface area contributed by atoms with Gasteiger partial charge in [0.2, 0.25) is 5.95 Å². The first-order valence-corrected chi connectivity index (χ1v) is 9.28. The van der Waals surface area contributed by atoms with Crippen molar-refractivity contribution in [2.45, 2.75) is 32.9 Å². The van der Waals surface area contributed by atoms with E-state index in [2.05, 4.69) is 20.1 Å². The van der Waals surface area contributed by atoms with Crippen molar-refractivity contribution in [1.29, 1.82) is 0 Å². The van der Waals surface area contributed by atoms with E-state index < -0.39 is 17.7 Å². The zero-order valence-corrected chi connectivity index (χ0v) is 16.9. The largest absolute Gasteiger partial charge is 0.496 e. The molecule has 0 unspecified atom stereocenters. The molecule has 0 saturated heterocycles. The number of alkyl halides is 3.